The Hall–Kier alpha value is -1.84. The smallest absolute Gasteiger partial charge is 0.262 e. The Labute approximate surface area is 80.9 Å². The number of pyridine rings is 1. The lowest BCUT2D eigenvalue weighted by Crippen LogP contribution is -2.21. The number of rotatable bonds is 2. The van der Waals surface area contributed by atoms with Crippen LogP contribution in [-0.4, -0.2) is 14.8 Å². The quantitative estimate of drug-likeness (QED) is 0.722. The monoisotopic (exact) mass is 189 g/mol. The number of hydrogen-bond acceptors (Lipinski definition) is 2. The van der Waals surface area contributed by atoms with Crippen LogP contribution in [0.5, 0.6) is 0 Å². The molecule has 0 saturated carbocycles. The van der Waals surface area contributed by atoms with E-state index >= 15 is 0 Å². The van der Waals surface area contributed by atoms with Gasteiger partial charge in [0.05, 0.1) is 17.1 Å². The van der Waals surface area contributed by atoms with Gasteiger partial charge in [0.1, 0.15) is 0 Å². The SMILES string of the molecule is C=CCn1c(C)cc2[nH]ncc2c1=O. The van der Waals surface area contributed by atoms with Crippen LogP contribution in [0.4, 0.5) is 0 Å². The molecule has 0 aliphatic rings. The van der Waals surface area contributed by atoms with E-state index in [1.54, 1.807) is 16.8 Å². The molecule has 0 aliphatic carbocycles. The van der Waals surface area contributed by atoms with Crippen molar-refractivity contribution < 1.29 is 0 Å². The summed E-state index contributed by atoms with van der Waals surface area (Å²) < 4.78 is 1.67. The van der Waals surface area contributed by atoms with Crippen LogP contribution < -0.4 is 5.56 Å². The van der Waals surface area contributed by atoms with E-state index in [1.807, 2.05) is 13.0 Å². The Kier molecular flexibility index (Phi) is 1.96. The van der Waals surface area contributed by atoms with Gasteiger partial charge >= 0.3 is 0 Å². The summed E-state index contributed by atoms with van der Waals surface area (Å²) in [7, 11) is 0. The average Bonchev–Trinajstić information content (AvgIpc) is 2.60. The zero-order valence-electron chi connectivity index (χ0n) is 7.95. The Morgan fingerprint density at radius 3 is 3.21 bits per heavy atom. The molecule has 0 atom stereocenters. The zero-order chi connectivity index (χ0) is 10.1. The summed E-state index contributed by atoms with van der Waals surface area (Å²) in [5.74, 6) is 0. The van der Waals surface area contributed by atoms with Crippen molar-refractivity contribution in [1.82, 2.24) is 14.8 Å². The van der Waals surface area contributed by atoms with Crippen molar-refractivity contribution in [2.45, 2.75) is 13.5 Å². The Morgan fingerprint density at radius 2 is 2.50 bits per heavy atom. The third kappa shape index (κ3) is 1.16. The summed E-state index contributed by atoms with van der Waals surface area (Å²) in [5.41, 5.74) is 1.67. The van der Waals surface area contributed by atoms with Crippen molar-refractivity contribution >= 4 is 10.9 Å². The predicted octanol–water partition coefficient (Wildman–Crippen LogP) is 1.22. The molecular weight excluding hydrogens is 178 g/mol. The minimum Gasteiger partial charge on any atom is -0.308 e. The molecule has 14 heavy (non-hydrogen) atoms. The molecule has 0 spiro atoms. The summed E-state index contributed by atoms with van der Waals surface area (Å²) in [4.78, 5) is 11.9. The molecule has 1 N–H and O–H groups in total. The van der Waals surface area contributed by atoms with Crippen LogP contribution in [0.25, 0.3) is 10.9 Å². The van der Waals surface area contributed by atoms with Gasteiger partial charge in [-0.2, -0.15) is 5.10 Å². The molecule has 2 rings (SSSR count). The second-order valence-corrected chi connectivity index (χ2v) is 3.19. The van der Waals surface area contributed by atoms with E-state index in [9.17, 15) is 4.79 Å². The second-order valence-electron chi connectivity index (χ2n) is 3.19. The molecule has 4 nitrogen and oxygen atoms in total. The van der Waals surface area contributed by atoms with Crippen LogP contribution >= 0.6 is 0 Å². The first-order valence-corrected chi connectivity index (χ1v) is 4.38. The number of aromatic nitrogens is 3. The molecule has 0 aliphatic heterocycles. The van der Waals surface area contributed by atoms with Gasteiger partial charge in [-0.15, -0.1) is 6.58 Å². The van der Waals surface area contributed by atoms with Crippen molar-refractivity contribution in [3.8, 4) is 0 Å². The van der Waals surface area contributed by atoms with Gasteiger partial charge in [-0.3, -0.25) is 9.89 Å². The summed E-state index contributed by atoms with van der Waals surface area (Å²) in [5, 5.41) is 7.24. The van der Waals surface area contributed by atoms with E-state index in [2.05, 4.69) is 16.8 Å². The first-order valence-electron chi connectivity index (χ1n) is 4.38. The number of H-pyrrole nitrogens is 1. The number of hydrogen-bond donors (Lipinski definition) is 1. The van der Waals surface area contributed by atoms with E-state index in [4.69, 9.17) is 0 Å². The highest BCUT2D eigenvalue weighted by Crippen LogP contribution is 2.07. The predicted molar refractivity (Wildman–Crippen MR) is 55.3 cm³/mol. The third-order valence-electron chi connectivity index (χ3n) is 2.24. The molecule has 0 bridgehead atoms. The molecule has 2 heterocycles. The van der Waals surface area contributed by atoms with Crippen molar-refractivity contribution in [1.29, 1.82) is 0 Å². The highest BCUT2D eigenvalue weighted by Gasteiger charge is 2.05. The second kappa shape index (κ2) is 3.14. The standard InChI is InChI=1S/C10H11N3O/c1-3-4-13-7(2)5-9-8(10(13)14)6-11-12-9/h3,5-6H,1,4H2,2H3,(H,11,12). The van der Waals surface area contributed by atoms with E-state index < -0.39 is 0 Å². The fraction of sp³-hybridized carbons (Fsp3) is 0.200. The maximum atomic E-state index is 11.9. The fourth-order valence-electron chi connectivity index (χ4n) is 1.52. The first kappa shape index (κ1) is 8.74. The summed E-state index contributed by atoms with van der Waals surface area (Å²) >= 11 is 0. The molecule has 2 aromatic heterocycles. The lowest BCUT2D eigenvalue weighted by molar-refractivity contribution is 0.757. The van der Waals surface area contributed by atoms with E-state index in [0.29, 0.717) is 11.9 Å². The molecule has 0 saturated heterocycles. The van der Waals surface area contributed by atoms with Crippen LogP contribution in [0.15, 0.2) is 29.7 Å². The Bertz CT molecular complexity index is 536. The molecule has 0 fully saturated rings. The summed E-state index contributed by atoms with van der Waals surface area (Å²) in [6, 6.07) is 1.91. The molecule has 4 heteroatoms. The maximum absolute atomic E-state index is 11.9. The molecule has 0 amide bonds. The number of fused-ring (bicyclic) bond motifs is 1. The van der Waals surface area contributed by atoms with Crippen molar-refractivity contribution in [2.75, 3.05) is 0 Å². The van der Waals surface area contributed by atoms with E-state index in [-0.39, 0.29) is 5.56 Å². The fourth-order valence-corrected chi connectivity index (χ4v) is 1.52. The largest absolute Gasteiger partial charge is 0.308 e. The number of aromatic amines is 1. The molecule has 0 radical (unpaired) electrons. The first-order chi connectivity index (χ1) is 6.74. The number of nitrogens with zero attached hydrogens (tertiary/aromatic N) is 2. The third-order valence-corrected chi connectivity index (χ3v) is 2.24. The van der Waals surface area contributed by atoms with Gasteiger partial charge in [0.25, 0.3) is 5.56 Å². The van der Waals surface area contributed by atoms with Crippen LogP contribution in [0.2, 0.25) is 0 Å². The zero-order valence-corrected chi connectivity index (χ0v) is 7.95. The minimum absolute atomic E-state index is 0.0198. The lowest BCUT2D eigenvalue weighted by atomic mass is 10.2. The Balaban J connectivity index is 2.82. The maximum Gasteiger partial charge on any atom is 0.262 e. The number of allylic oxidation sites excluding steroid dienone is 1. The molecule has 2 aromatic rings. The highest BCUT2D eigenvalue weighted by molar-refractivity contribution is 5.76. The van der Waals surface area contributed by atoms with Gasteiger partial charge in [-0.1, -0.05) is 6.08 Å². The molecular formula is C10H11N3O. The van der Waals surface area contributed by atoms with Gasteiger partial charge in [0.15, 0.2) is 0 Å². The van der Waals surface area contributed by atoms with Crippen molar-refractivity contribution in [2.24, 2.45) is 0 Å². The van der Waals surface area contributed by atoms with Crippen LogP contribution in [-0.2, 0) is 6.54 Å². The van der Waals surface area contributed by atoms with Gasteiger partial charge in [0, 0.05) is 12.2 Å². The van der Waals surface area contributed by atoms with Gasteiger partial charge in [0.2, 0.25) is 0 Å². The van der Waals surface area contributed by atoms with Crippen LogP contribution in [0, 0.1) is 6.92 Å². The summed E-state index contributed by atoms with van der Waals surface area (Å²) in [6.45, 7) is 6.05. The topological polar surface area (TPSA) is 50.7 Å². The van der Waals surface area contributed by atoms with Crippen molar-refractivity contribution in [3.05, 3.63) is 41.0 Å². The van der Waals surface area contributed by atoms with Crippen LogP contribution in [0.1, 0.15) is 5.69 Å². The molecule has 0 unspecified atom stereocenters. The molecule has 72 valence electrons. The van der Waals surface area contributed by atoms with Gasteiger partial charge in [-0.05, 0) is 13.0 Å². The average molecular weight is 189 g/mol. The Morgan fingerprint density at radius 1 is 1.71 bits per heavy atom. The lowest BCUT2D eigenvalue weighted by Gasteiger charge is -2.06. The highest BCUT2D eigenvalue weighted by atomic mass is 16.1. The van der Waals surface area contributed by atoms with Crippen LogP contribution in [0.3, 0.4) is 0 Å². The van der Waals surface area contributed by atoms with E-state index in [1.165, 1.54) is 0 Å². The van der Waals surface area contributed by atoms with Crippen molar-refractivity contribution in [3.63, 3.8) is 0 Å². The van der Waals surface area contributed by atoms with E-state index in [0.717, 1.165) is 11.2 Å². The van der Waals surface area contributed by atoms with Gasteiger partial charge < -0.3 is 4.57 Å². The van der Waals surface area contributed by atoms with Gasteiger partial charge in [-0.25, -0.2) is 0 Å². The summed E-state index contributed by atoms with van der Waals surface area (Å²) in [6.07, 6.45) is 3.26. The normalized spacial score (nSPS) is 10.6. The minimum atomic E-state index is -0.0198. The molecule has 0 aromatic carbocycles. The number of nitrogens with one attached hydrogen (secondary N) is 1. The number of aryl methyl sites for hydroxylation is 1.